The van der Waals surface area contributed by atoms with Crippen LogP contribution >= 0.6 is 27.3 Å². The van der Waals surface area contributed by atoms with E-state index in [0.29, 0.717) is 19.4 Å². The number of thiophene rings is 1. The van der Waals surface area contributed by atoms with E-state index in [1.165, 1.54) is 0 Å². The number of rotatable bonds is 4. The molecule has 1 fully saturated rings. The summed E-state index contributed by atoms with van der Waals surface area (Å²) < 4.78 is 1.03. The van der Waals surface area contributed by atoms with Crippen LogP contribution in [0.25, 0.3) is 0 Å². The van der Waals surface area contributed by atoms with Gasteiger partial charge in [0, 0.05) is 13.6 Å². The van der Waals surface area contributed by atoms with Gasteiger partial charge in [-0.05, 0) is 45.8 Å². The number of carbonyl (C=O) groups excluding carboxylic acids is 1. The van der Waals surface area contributed by atoms with Crippen LogP contribution in [0.5, 0.6) is 0 Å². The molecule has 1 heterocycles. The van der Waals surface area contributed by atoms with Gasteiger partial charge >= 0.3 is 5.97 Å². The van der Waals surface area contributed by atoms with Crippen molar-refractivity contribution in [3.05, 3.63) is 20.8 Å². The van der Waals surface area contributed by atoms with E-state index in [9.17, 15) is 9.59 Å². The fraction of sp³-hybridized carbons (Fsp3) is 0.538. The third kappa shape index (κ3) is 3.36. The van der Waals surface area contributed by atoms with Crippen molar-refractivity contribution in [1.82, 2.24) is 4.90 Å². The molecule has 1 aliphatic rings. The van der Waals surface area contributed by atoms with Gasteiger partial charge in [0.1, 0.15) is 0 Å². The maximum absolute atomic E-state index is 12.3. The highest BCUT2D eigenvalue weighted by Gasteiger charge is 2.38. The second-order valence-electron chi connectivity index (χ2n) is 4.94. The average Bonchev–Trinajstić information content (AvgIpc) is 2.97. The molecule has 1 aromatic rings. The zero-order valence-corrected chi connectivity index (χ0v) is 13.0. The Morgan fingerprint density at radius 2 is 2.16 bits per heavy atom. The van der Waals surface area contributed by atoms with Crippen LogP contribution in [0.1, 0.15) is 24.8 Å². The quantitative estimate of drug-likeness (QED) is 0.912. The molecule has 1 N–H and O–H groups in total. The van der Waals surface area contributed by atoms with Gasteiger partial charge in [-0.25, -0.2) is 0 Å². The van der Waals surface area contributed by atoms with Crippen LogP contribution in [-0.4, -0.2) is 28.9 Å². The number of carboxylic acids is 1. The summed E-state index contributed by atoms with van der Waals surface area (Å²) in [5.74, 6) is -1.76. The van der Waals surface area contributed by atoms with E-state index >= 15 is 0 Å². The molecule has 0 aromatic carbocycles. The SMILES string of the molecule is CN(Cc1csc(Br)c1)C(=O)[C@@H]1CCC[C@@H]1C(=O)O. The van der Waals surface area contributed by atoms with Crippen molar-refractivity contribution in [2.24, 2.45) is 11.8 Å². The average molecular weight is 346 g/mol. The Balaban J connectivity index is 2.00. The van der Waals surface area contributed by atoms with Gasteiger partial charge in [0.05, 0.1) is 15.6 Å². The zero-order valence-electron chi connectivity index (χ0n) is 10.6. The van der Waals surface area contributed by atoms with Crippen molar-refractivity contribution in [3.8, 4) is 0 Å². The van der Waals surface area contributed by atoms with Crippen molar-refractivity contribution in [2.75, 3.05) is 7.05 Å². The molecular weight excluding hydrogens is 330 g/mol. The second kappa shape index (κ2) is 6.05. The maximum Gasteiger partial charge on any atom is 0.307 e. The molecule has 6 heteroatoms. The summed E-state index contributed by atoms with van der Waals surface area (Å²) >= 11 is 4.97. The van der Waals surface area contributed by atoms with Crippen molar-refractivity contribution >= 4 is 39.1 Å². The molecule has 0 aliphatic heterocycles. The summed E-state index contributed by atoms with van der Waals surface area (Å²) in [5, 5.41) is 11.1. The van der Waals surface area contributed by atoms with E-state index < -0.39 is 11.9 Å². The molecule has 1 saturated carbocycles. The van der Waals surface area contributed by atoms with Gasteiger partial charge < -0.3 is 10.0 Å². The summed E-state index contributed by atoms with van der Waals surface area (Å²) in [6, 6.07) is 1.98. The topological polar surface area (TPSA) is 57.6 Å². The van der Waals surface area contributed by atoms with Crippen LogP contribution < -0.4 is 0 Å². The highest BCUT2D eigenvalue weighted by atomic mass is 79.9. The lowest BCUT2D eigenvalue weighted by molar-refractivity contribution is -0.148. The Bertz CT molecular complexity index is 488. The molecule has 2 atom stereocenters. The lowest BCUT2D eigenvalue weighted by Crippen LogP contribution is -2.36. The van der Waals surface area contributed by atoms with Gasteiger partial charge in [-0.1, -0.05) is 6.42 Å². The lowest BCUT2D eigenvalue weighted by atomic mass is 9.95. The molecule has 104 valence electrons. The fourth-order valence-electron chi connectivity index (χ4n) is 2.61. The van der Waals surface area contributed by atoms with Crippen molar-refractivity contribution < 1.29 is 14.7 Å². The Labute approximate surface area is 124 Å². The van der Waals surface area contributed by atoms with Crippen molar-refractivity contribution in [2.45, 2.75) is 25.8 Å². The van der Waals surface area contributed by atoms with Gasteiger partial charge in [-0.2, -0.15) is 0 Å². The van der Waals surface area contributed by atoms with E-state index in [1.807, 2.05) is 11.4 Å². The molecule has 0 saturated heterocycles. The van der Waals surface area contributed by atoms with Crippen molar-refractivity contribution in [3.63, 3.8) is 0 Å². The summed E-state index contributed by atoms with van der Waals surface area (Å²) in [7, 11) is 1.74. The number of hydrogen-bond donors (Lipinski definition) is 1. The normalized spacial score (nSPS) is 22.4. The first-order chi connectivity index (χ1) is 8.99. The number of carboxylic acid groups (broad SMARTS) is 1. The first-order valence-electron chi connectivity index (χ1n) is 6.19. The van der Waals surface area contributed by atoms with E-state index in [-0.39, 0.29) is 11.8 Å². The number of amides is 1. The van der Waals surface area contributed by atoms with Gasteiger partial charge in [-0.3, -0.25) is 9.59 Å². The molecule has 1 amide bonds. The second-order valence-corrected chi connectivity index (χ2v) is 7.23. The van der Waals surface area contributed by atoms with E-state index in [2.05, 4.69) is 15.9 Å². The highest BCUT2D eigenvalue weighted by molar-refractivity contribution is 9.11. The third-order valence-corrected chi connectivity index (χ3v) is 5.12. The summed E-state index contributed by atoms with van der Waals surface area (Å²) in [4.78, 5) is 25.1. The maximum atomic E-state index is 12.3. The Hall–Kier alpha value is -0.880. The van der Waals surface area contributed by atoms with Gasteiger partial charge in [0.25, 0.3) is 0 Å². The first kappa shape index (κ1) is 14.5. The Morgan fingerprint density at radius 1 is 1.47 bits per heavy atom. The Kier molecular flexibility index (Phi) is 4.62. The number of hydrogen-bond acceptors (Lipinski definition) is 3. The predicted octanol–water partition coefficient (Wildman–Crippen LogP) is 2.97. The molecule has 2 rings (SSSR count). The summed E-state index contributed by atoms with van der Waals surface area (Å²) in [6.45, 7) is 0.532. The smallest absolute Gasteiger partial charge is 0.307 e. The number of aliphatic carboxylic acids is 1. The summed E-state index contributed by atoms with van der Waals surface area (Å²) in [6.07, 6.45) is 2.13. The van der Waals surface area contributed by atoms with Crippen LogP contribution in [0.15, 0.2) is 15.2 Å². The number of halogens is 1. The van der Waals surface area contributed by atoms with Gasteiger partial charge in [-0.15, -0.1) is 11.3 Å². The number of nitrogens with zero attached hydrogens (tertiary/aromatic N) is 1. The van der Waals surface area contributed by atoms with Crippen LogP contribution in [0.4, 0.5) is 0 Å². The van der Waals surface area contributed by atoms with Crippen LogP contribution in [-0.2, 0) is 16.1 Å². The largest absolute Gasteiger partial charge is 0.481 e. The fourth-order valence-corrected chi connectivity index (χ4v) is 3.82. The van der Waals surface area contributed by atoms with E-state index in [1.54, 1.807) is 23.3 Å². The van der Waals surface area contributed by atoms with Gasteiger partial charge in [0.2, 0.25) is 5.91 Å². The van der Waals surface area contributed by atoms with Crippen LogP contribution in [0.2, 0.25) is 0 Å². The molecule has 0 bridgehead atoms. The molecule has 4 nitrogen and oxygen atoms in total. The monoisotopic (exact) mass is 345 g/mol. The minimum Gasteiger partial charge on any atom is -0.481 e. The predicted molar refractivity (Wildman–Crippen MR) is 77.0 cm³/mol. The van der Waals surface area contributed by atoms with Crippen LogP contribution in [0.3, 0.4) is 0 Å². The first-order valence-corrected chi connectivity index (χ1v) is 7.87. The number of carbonyl (C=O) groups is 2. The zero-order chi connectivity index (χ0) is 14.0. The van der Waals surface area contributed by atoms with Crippen LogP contribution in [0, 0.1) is 11.8 Å². The Morgan fingerprint density at radius 3 is 2.74 bits per heavy atom. The minimum absolute atomic E-state index is 0.0489. The van der Waals surface area contributed by atoms with Crippen molar-refractivity contribution in [1.29, 1.82) is 0 Å². The molecule has 1 aromatic heterocycles. The molecule has 0 radical (unpaired) electrons. The van der Waals surface area contributed by atoms with Gasteiger partial charge in [0.15, 0.2) is 0 Å². The molecule has 0 spiro atoms. The standard InChI is InChI=1S/C13H16BrNO3S/c1-15(6-8-5-11(14)19-7-8)12(16)9-3-2-4-10(9)13(17)18/h5,7,9-10H,2-4,6H2,1H3,(H,17,18)/t9-,10+/m1/s1. The molecule has 19 heavy (non-hydrogen) atoms. The summed E-state index contributed by atoms with van der Waals surface area (Å²) in [5.41, 5.74) is 1.07. The molecular formula is C13H16BrNO3S. The third-order valence-electron chi connectivity index (χ3n) is 3.57. The molecule has 0 unspecified atom stereocenters. The van der Waals surface area contributed by atoms with E-state index in [0.717, 1.165) is 15.8 Å². The van der Waals surface area contributed by atoms with E-state index in [4.69, 9.17) is 5.11 Å². The molecule has 1 aliphatic carbocycles. The highest BCUT2D eigenvalue weighted by Crippen LogP contribution is 2.33. The minimum atomic E-state index is -0.845. The lowest BCUT2D eigenvalue weighted by Gasteiger charge is -2.23.